The number of nitrogens with two attached hydrogens (primary N) is 1. The molecule has 8 heteroatoms. The van der Waals surface area contributed by atoms with Crippen molar-refractivity contribution >= 4 is 10.0 Å². The number of primary sulfonamides is 1. The molecule has 0 saturated heterocycles. The summed E-state index contributed by atoms with van der Waals surface area (Å²) in [4.78, 5) is 0. The third-order valence-corrected chi connectivity index (χ3v) is 0.968. The lowest BCUT2D eigenvalue weighted by Crippen LogP contribution is -2.30. The number of hydrogen-bond acceptors (Lipinski definition) is 3. The second-order valence-electron chi connectivity index (χ2n) is 0.991. The molecule has 0 bridgehead atoms. The molecule has 0 aliphatic carbocycles. The molecule has 0 rings (SSSR count). The highest BCUT2D eigenvalue weighted by Gasteiger charge is 2.42. The van der Waals surface area contributed by atoms with Crippen LogP contribution in [0.25, 0.3) is 0 Å². The van der Waals surface area contributed by atoms with Crippen molar-refractivity contribution in [2.75, 3.05) is 0 Å². The number of rotatable bonds is 0. The van der Waals surface area contributed by atoms with Crippen LogP contribution in [0.2, 0.25) is 0 Å². The van der Waals surface area contributed by atoms with Gasteiger partial charge >= 0.3 is 15.5 Å². The van der Waals surface area contributed by atoms with Crippen LogP contribution in [0, 0.1) is 0 Å². The highest BCUT2D eigenvalue weighted by atomic mass is 32.2. The van der Waals surface area contributed by atoms with Crippen LogP contribution >= 0.6 is 0 Å². The zero-order valence-corrected chi connectivity index (χ0v) is 6.96. The van der Waals surface area contributed by atoms with Gasteiger partial charge in [0.25, 0.3) is 0 Å². The smallest absolute Gasteiger partial charge is 0.344 e. The lowest BCUT2D eigenvalue weighted by molar-refractivity contribution is -0.0436. The van der Waals surface area contributed by atoms with Crippen molar-refractivity contribution in [3.05, 3.63) is 0 Å². The van der Waals surface area contributed by atoms with Crippen LogP contribution in [0.4, 0.5) is 13.2 Å². The fourth-order valence-electron chi connectivity index (χ4n) is 0. The van der Waals surface area contributed by atoms with Crippen molar-refractivity contribution in [1.82, 2.24) is 6.15 Å². The maximum absolute atomic E-state index is 10.8. The van der Waals surface area contributed by atoms with Gasteiger partial charge in [0.2, 0.25) is 0 Å². The molecule has 0 aromatic rings. The summed E-state index contributed by atoms with van der Waals surface area (Å²) in [5, 5.41) is 3.66. The molecule has 4 nitrogen and oxygen atoms in total. The van der Waals surface area contributed by atoms with Crippen LogP contribution in [0.5, 0.6) is 0 Å². The first-order valence-electron chi connectivity index (χ1n) is 2.34. The van der Waals surface area contributed by atoms with Crippen molar-refractivity contribution < 1.29 is 21.6 Å². The van der Waals surface area contributed by atoms with E-state index in [-0.39, 0.29) is 6.15 Å². The van der Waals surface area contributed by atoms with Crippen LogP contribution in [0.15, 0.2) is 0 Å². The Kier molecular flexibility index (Phi) is 8.21. The van der Waals surface area contributed by atoms with Gasteiger partial charge in [-0.05, 0) is 0 Å². The van der Waals surface area contributed by atoms with E-state index in [1.807, 2.05) is 13.8 Å². The fraction of sp³-hybridized carbons (Fsp3) is 1.00. The van der Waals surface area contributed by atoms with Crippen molar-refractivity contribution in [2.24, 2.45) is 5.14 Å². The molecule has 0 atom stereocenters. The third-order valence-electron chi connectivity index (χ3n) is 0.323. The van der Waals surface area contributed by atoms with Crippen molar-refractivity contribution in [3.63, 3.8) is 0 Å². The maximum atomic E-state index is 10.8. The molecule has 0 saturated carbocycles. The summed E-state index contributed by atoms with van der Waals surface area (Å²) >= 11 is 0. The van der Waals surface area contributed by atoms with E-state index in [0.29, 0.717) is 0 Å². The second kappa shape index (κ2) is 5.33. The fourth-order valence-corrected chi connectivity index (χ4v) is 0. The summed E-state index contributed by atoms with van der Waals surface area (Å²) in [6.07, 6.45) is 0. The molecule has 0 heterocycles. The molecular weight excluding hydrogens is 185 g/mol. The molecule has 0 spiro atoms. The Balaban J connectivity index is -0.000000196. The summed E-state index contributed by atoms with van der Waals surface area (Å²) < 4.78 is 51.2. The van der Waals surface area contributed by atoms with Gasteiger partial charge in [0.1, 0.15) is 0 Å². The number of alkyl halides is 3. The molecular formula is C3H11F3N2O2S. The van der Waals surface area contributed by atoms with Gasteiger partial charge < -0.3 is 6.15 Å². The largest absolute Gasteiger partial charge is 0.511 e. The van der Waals surface area contributed by atoms with Crippen LogP contribution in [0.3, 0.4) is 0 Å². The molecule has 0 amide bonds. The molecule has 0 aliphatic rings. The quantitative estimate of drug-likeness (QED) is 0.604. The van der Waals surface area contributed by atoms with Crippen molar-refractivity contribution in [3.8, 4) is 0 Å². The van der Waals surface area contributed by atoms with Gasteiger partial charge in [0.05, 0.1) is 0 Å². The highest BCUT2D eigenvalue weighted by Crippen LogP contribution is 2.18. The van der Waals surface area contributed by atoms with E-state index in [4.69, 9.17) is 0 Å². The molecule has 0 fully saturated rings. The molecule has 5 N–H and O–H groups in total. The minimum atomic E-state index is -5.34. The van der Waals surface area contributed by atoms with E-state index in [2.05, 4.69) is 5.14 Å². The molecule has 72 valence electrons. The van der Waals surface area contributed by atoms with E-state index in [9.17, 15) is 21.6 Å². The first kappa shape index (κ1) is 17.0. The van der Waals surface area contributed by atoms with Crippen LogP contribution < -0.4 is 11.3 Å². The van der Waals surface area contributed by atoms with E-state index >= 15 is 0 Å². The lowest BCUT2D eigenvalue weighted by Gasteiger charge is -1.98. The predicted molar refractivity (Wildman–Crippen MR) is 35.5 cm³/mol. The topological polar surface area (TPSA) is 95.2 Å². The Hall–Kier alpha value is -0.340. The Bertz CT molecular complexity index is 174. The minimum Gasteiger partial charge on any atom is -0.344 e. The van der Waals surface area contributed by atoms with Crippen molar-refractivity contribution in [2.45, 2.75) is 19.4 Å². The molecule has 0 aliphatic heterocycles. The molecule has 0 radical (unpaired) electrons. The zero-order valence-electron chi connectivity index (χ0n) is 6.14. The van der Waals surface area contributed by atoms with Gasteiger partial charge in [-0.1, -0.05) is 13.8 Å². The molecule has 0 aromatic heterocycles. The van der Waals surface area contributed by atoms with E-state index in [0.717, 1.165) is 0 Å². The first-order valence-corrected chi connectivity index (χ1v) is 3.89. The van der Waals surface area contributed by atoms with Gasteiger partial charge in [0, 0.05) is 0 Å². The Morgan fingerprint density at radius 2 is 1.27 bits per heavy atom. The van der Waals surface area contributed by atoms with Crippen LogP contribution in [-0.2, 0) is 10.0 Å². The van der Waals surface area contributed by atoms with Gasteiger partial charge in [-0.15, -0.1) is 0 Å². The predicted octanol–water partition coefficient (Wildman–Crippen LogP) is 0.983. The summed E-state index contributed by atoms with van der Waals surface area (Å²) in [5.41, 5.74) is -5.31. The average Bonchev–Trinajstić information content (AvgIpc) is 1.66. The number of sulfonamides is 1. The third kappa shape index (κ3) is 7.56. The lowest BCUT2D eigenvalue weighted by atomic mass is 11.0. The summed E-state index contributed by atoms with van der Waals surface area (Å²) in [5.74, 6) is 0. The average molecular weight is 196 g/mol. The molecule has 11 heavy (non-hydrogen) atoms. The Morgan fingerprint density at radius 3 is 1.27 bits per heavy atom. The first-order chi connectivity index (χ1) is 4.25. The second-order valence-corrected chi connectivity index (χ2v) is 2.54. The summed E-state index contributed by atoms with van der Waals surface area (Å²) in [6, 6.07) is 0. The normalized spacial score (nSPS) is 10.7. The van der Waals surface area contributed by atoms with Gasteiger partial charge in [-0.2, -0.15) is 13.2 Å². The zero-order chi connectivity index (χ0) is 9.00. The van der Waals surface area contributed by atoms with E-state index in [1.165, 1.54) is 0 Å². The van der Waals surface area contributed by atoms with Gasteiger partial charge in [-0.3, -0.25) is 0 Å². The SMILES string of the molecule is CC.N.NS(=O)(=O)C(F)(F)F. The monoisotopic (exact) mass is 196 g/mol. The maximum Gasteiger partial charge on any atom is 0.511 e. The Morgan fingerprint density at radius 1 is 1.18 bits per heavy atom. The molecule has 0 aromatic carbocycles. The van der Waals surface area contributed by atoms with Gasteiger partial charge in [0.15, 0.2) is 0 Å². The summed E-state index contributed by atoms with van der Waals surface area (Å²) in [6.45, 7) is 4.00. The number of halogens is 3. The van der Waals surface area contributed by atoms with Gasteiger partial charge in [-0.25, -0.2) is 13.6 Å². The Labute approximate surface area is 63.2 Å². The van der Waals surface area contributed by atoms with Crippen LogP contribution in [-0.4, -0.2) is 13.9 Å². The highest BCUT2D eigenvalue weighted by molar-refractivity contribution is 7.90. The molecule has 0 unspecified atom stereocenters. The number of hydrogen-bond donors (Lipinski definition) is 2. The van der Waals surface area contributed by atoms with Crippen molar-refractivity contribution in [1.29, 1.82) is 0 Å². The van der Waals surface area contributed by atoms with E-state index in [1.54, 1.807) is 0 Å². The summed E-state index contributed by atoms with van der Waals surface area (Å²) in [7, 11) is -5.34. The minimum absolute atomic E-state index is 0. The van der Waals surface area contributed by atoms with E-state index < -0.39 is 15.5 Å². The van der Waals surface area contributed by atoms with Crippen LogP contribution in [0.1, 0.15) is 13.8 Å². The standard InChI is InChI=1S/C2H6.CH2F3NO2S.H3N/c1-2;2-1(3,4)8(5,6)7;/h1-2H3;(H2,5,6,7);1H3.